The Hall–Kier alpha value is -0.930. The first kappa shape index (κ1) is 11.6. The fourth-order valence-corrected chi connectivity index (χ4v) is 2.64. The van der Waals surface area contributed by atoms with Crippen molar-refractivity contribution in [1.82, 2.24) is 0 Å². The summed E-state index contributed by atoms with van der Waals surface area (Å²) in [5.41, 5.74) is -1.19. The maximum absolute atomic E-state index is 13.1. The van der Waals surface area contributed by atoms with Crippen LogP contribution in [-0.2, 0) is 9.53 Å². The molecule has 2 atom stereocenters. The van der Waals surface area contributed by atoms with E-state index in [1.165, 1.54) is 6.92 Å². The summed E-state index contributed by atoms with van der Waals surface area (Å²) in [6.45, 7) is 6.86. The summed E-state index contributed by atoms with van der Waals surface area (Å²) in [7, 11) is 0. The normalized spacial score (nSPS) is 32.4. The van der Waals surface area contributed by atoms with Gasteiger partial charge in [-0.15, -0.1) is 0 Å². The summed E-state index contributed by atoms with van der Waals surface area (Å²) in [5, 5.41) is 0. The topological polar surface area (TPSA) is 26.3 Å². The van der Waals surface area contributed by atoms with E-state index in [0.29, 0.717) is 0 Å². The standard InChI is InChI=1S/C12H16F2O2/c1-7(15)16-11(4,8-5-10(8,2)3)9-6-12(9,13)14/h6,8H,5H2,1-4H3. The molecule has 0 N–H and O–H groups in total. The van der Waals surface area contributed by atoms with Crippen molar-refractivity contribution in [3.63, 3.8) is 0 Å². The van der Waals surface area contributed by atoms with Crippen LogP contribution in [0.3, 0.4) is 0 Å². The zero-order chi connectivity index (χ0) is 12.4. The number of ether oxygens (including phenoxy) is 1. The molecule has 0 heterocycles. The predicted molar refractivity (Wildman–Crippen MR) is 55.1 cm³/mol. The van der Waals surface area contributed by atoms with Gasteiger partial charge in [0, 0.05) is 18.4 Å². The second-order valence-electron chi connectivity index (χ2n) is 5.63. The SMILES string of the molecule is CC(=O)OC(C)(C1=CC1(F)F)C1CC1(C)C. The van der Waals surface area contributed by atoms with E-state index in [1.807, 2.05) is 13.8 Å². The van der Waals surface area contributed by atoms with E-state index < -0.39 is 17.5 Å². The third-order valence-corrected chi connectivity index (χ3v) is 3.67. The Kier molecular flexibility index (Phi) is 2.05. The number of rotatable bonds is 3. The molecule has 16 heavy (non-hydrogen) atoms. The molecule has 0 spiro atoms. The molecule has 1 fully saturated rings. The van der Waals surface area contributed by atoms with Gasteiger partial charge in [-0.05, 0) is 24.8 Å². The molecule has 0 saturated heterocycles. The molecule has 0 amide bonds. The van der Waals surface area contributed by atoms with Crippen LogP contribution in [0.15, 0.2) is 11.6 Å². The molecule has 2 nitrogen and oxygen atoms in total. The van der Waals surface area contributed by atoms with Gasteiger partial charge in [0.05, 0.1) is 0 Å². The van der Waals surface area contributed by atoms with E-state index in [1.54, 1.807) is 6.92 Å². The lowest BCUT2D eigenvalue weighted by molar-refractivity contribution is -0.155. The van der Waals surface area contributed by atoms with Gasteiger partial charge < -0.3 is 4.74 Å². The molecular formula is C12H16F2O2. The van der Waals surface area contributed by atoms with Crippen molar-refractivity contribution in [2.75, 3.05) is 0 Å². The number of carbonyl (C=O) groups excluding carboxylic acids is 1. The number of esters is 1. The second kappa shape index (κ2) is 2.84. The maximum Gasteiger partial charge on any atom is 0.303 e. The third kappa shape index (κ3) is 1.64. The van der Waals surface area contributed by atoms with Crippen LogP contribution < -0.4 is 0 Å². The third-order valence-electron chi connectivity index (χ3n) is 3.67. The number of carbonyl (C=O) groups is 1. The quantitative estimate of drug-likeness (QED) is 0.550. The lowest BCUT2D eigenvalue weighted by Gasteiger charge is -2.29. The molecule has 0 bridgehead atoms. The Balaban J connectivity index is 2.22. The molecule has 0 aromatic rings. The van der Waals surface area contributed by atoms with Gasteiger partial charge in [-0.2, -0.15) is 8.78 Å². The highest BCUT2D eigenvalue weighted by Gasteiger charge is 2.67. The van der Waals surface area contributed by atoms with Gasteiger partial charge in [-0.1, -0.05) is 13.8 Å². The van der Waals surface area contributed by atoms with Crippen LogP contribution >= 0.6 is 0 Å². The zero-order valence-corrected chi connectivity index (χ0v) is 9.93. The van der Waals surface area contributed by atoms with Crippen LogP contribution in [0.25, 0.3) is 0 Å². The lowest BCUT2D eigenvalue weighted by Crippen LogP contribution is -2.37. The number of allylic oxidation sites excluding steroid dienone is 1. The first-order valence-corrected chi connectivity index (χ1v) is 5.41. The Morgan fingerprint density at radius 1 is 1.56 bits per heavy atom. The molecule has 2 aliphatic rings. The van der Waals surface area contributed by atoms with Crippen molar-refractivity contribution >= 4 is 5.97 Å². The minimum atomic E-state index is -2.86. The van der Waals surface area contributed by atoms with Gasteiger partial charge in [0.25, 0.3) is 5.92 Å². The van der Waals surface area contributed by atoms with Gasteiger partial charge in [-0.3, -0.25) is 4.79 Å². The van der Waals surface area contributed by atoms with Crippen molar-refractivity contribution in [1.29, 1.82) is 0 Å². The van der Waals surface area contributed by atoms with Crippen LogP contribution in [-0.4, -0.2) is 17.5 Å². The van der Waals surface area contributed by atoms with Gasteiger partial charge in [0.1, 0.15) is 5.60 Å². The van der Waals surface area contributed by atoms with Gasteiger partial charge >= 0.3 is 5.97 Å². The molecule has 0 aliphatic heterocycles. The molecule has 2 unspecified atom stereocenters. The Morgan fingerprint density at radius 2 is 2.00 bits per heavy atom. The smallest absolute Gasteiger partial charge is 0.303 e. The van der Waals surface area contributed by atoms with Crippen molar-refractivity contribution in [2.45, 2.75) is 45.6 Å². The van der Waals surface area contributed by atoms with Crippen LogP contribution in [0.1, 0.15) is 34.1 Å². The molecule has 2 rings (SSSR count). The van der Waals surface area contributed by atoms with E-state index in [0.717, 1.165) is 12.5 Å². The van der Waals surface area contributed by atoms with E-state index in [-0.39, 0.29) is 16.9 Å². The molecule has 2 aliphatic carbocycles. The predicted octanol–water partition coefficient (Wildman–Crippen LogP) is 2.93. The number of alkyl halides is 2. The highest BCUT2D eigenvalue weighted by atomic mass is 19.3. The first-order valence-electron chi connectivity index (χ1n) is 5.41. The molecule has 90 valence electrons. The van der Waals surface area contributed by atoms with Crippen molar-refractivity contribution in [2.24, 2.45) is 11.3 Å². The monoisotopic (exact) mass is 230 g/mol. The first-order chi connectivity index (χ1) is 7.09. The summed E-state index contributed by atoms with van der Waals surface area (Å²) < 4.78 is 31.4. The second-order valence-corrected chi connectivity index (χ2v) is 5.63. The van der Waals surface area contributed by atoms with Gasteiger partial charge in [0.2, 0.25) is 0 Å². The minimum absolute atomic E-state index is 0.0106. The van der Waals surface area contributed by atoms with Crippen LogP contribution in [0.5, 0.6) is 0 Å². The number of hydrogen-bond donors (Lipinski definition) is 0. The Morgan fingerprint density at radius 3 is 2.25 bits per heavy atom. The molecule has 0 aromatic heterocycles. The van der Waals surface area contributed by atoms with Gasteiger partial charge in [-0.25, -0.2) is 0 Å². The molecule has 4 heteroatoms. The van der Waals surface area contributed by atoms with Crippen molar-refractivity contribution in [3.8, 4) is 0 Å². The average molecular weight is 230 g/mol. The Labute approximate surface area is 93.7 Å². The lowest BCUT2D eigenvalue weighted by atomic mass is 9.90. The van der Waals surface area contributed by atoms with Crippen molar-refractivity contribution < 1.29 is 18.3 Å². The average Bonchev–Trinajstić information content (AvgIpc) is 2.87. The number of halogens is 2. The van der Waals surface area contributed by atoms with Crippen molar-refractivity contribution in [3.05, 3.63) is 11.6 Å². The summed E-state index contributed by atoms with van der Waals surface area (Å²) in [6.07, 6.45) is 1.70. The van der Waals surface area contributed by atoms with E-state index in [2.05, 4.69) is 0 Å². The summed E-state index contributed by atoms with van der Waals surface area (Å²) in [6, 6.07) is 0. The van der Waals surface area contributed by atoms with E-state index in [4.69, 9.17) is 4.74 Å². The molecular weight excluding hydrogens is 214 g/mol. The van der Waals surface area contributed by atoms with E-state index in [9.17, 15) is 13.6 Å². The summed E-state index contributed by atoms with van der Waals surface area (Å²) in [4.78, 5) is 11.1. The molecule has 1 saturated carbocycles. The van der Waals surface area contributed by atoms with E-state index >= 15 is 0 Å². The minimum Gasteiger partial charge on any atom is -0.454 e. The fraction of sp³-hybridized carbons (Fsp3) is 0.750. The van der Waals surface area contributed by atoms with Crippen LogP contribution in [0, 0.1) is 11.3 Å². The summed E-state index contributed by atoms with van der Waals surface area (Å²) in [5.74, 6) is -3.37. The molecule has 0 radical (unpaired) electrons. The zero-order valence-electron chi connectivity index (χ0n) is 9.93. The molecule has 0 aromatic carbocycles. The summed E-state index contributed by atoms with van der Waals surface area (Å²) >= 11 is 0. The Bertz CT molecular complexity index is 384. The fourth-order valence-electron chi connectivity index (χ4n) is 2.64. The van der Waals surface area contributed by atoms with Crippen LogP contribution in [0.2, 0.25) is 0 Å². The largest absolute Gasteiger partial charge is 0.454 e. The maximum atomic E-state index is 13.1. The van der Waals surface area contributed by atoms with Gasteiger partial charge in [0.15, 0.2) is 0 Å². The van der Waals surface area contributed by atoms with Crippen LogP contribution in [0.4, 0.5) is 8.78 Å². The highest BCUT2D eigenvalue weighted by Crippen LogP contribution is 2.64. The highest BCUT2D eigenvalue weighted by molar-refractivity contribution is 5.68. The number of hydrogen-bond acceptors (Lipinski definition) is 2.